The number of nitrogens with zero attached hydrogens (tertiary/aromatic N) is 1. The number of amides is 1. The molecule has 0 aromatic rings. The third-order valence-electron chi connectivity index (χ3n) is 2.53. The van der Waals surface area contributed by atoms with Crippen molar-refractivity contribution in [2.75, 3.05) is 33.4 Å². The van der Waals surface area contributed by atoms with Gasteiger partial charge in [0, 0.05) is 26.7 Å². The molecule has 0 spiro atoms. The van der Waals surface area contributed by atoms with Gasteiger partial charge < -0.3 is 15.4 Å². The molecule has 0 heterocycles. The highest BCUT2D eigenvalue weighted by Gasteiger charge is 2.23. The number of likely N-dealkylation sites (N-methyl/N-ethyl adjacent to an activating group) is 1. The van der Waals surface area contributed by atoms with E-state index in [0.29, 0.717) is 26.3 Å². The highest BCUT2D eigenvalue weighted by atomic mass is 16.5. The average Bonchev–Trinajstić information content (AvgIpc) is 2.18. The topological polar surface area (TPSA) is 55.6 Å². The molecule has 0 aliphatic heterocycles. The van der Waals surface area contributed by atoms with Gasteiger partial charge in [-0.3, -0.25) is 4.79 Å². The molecular formula is C11H24N2O2. The van der Waals surface area contributed by atoms with Crippen LogP contribution in [0.2, 0.25) is 0 Å². The number of carbonyl (C=O) groups excluding carboxylic acids is 1. The first-order valence-corrected chi connectivity index (χ1v) is 5.57. The van der Waals surface area contributed by atoms with Crippen LogP contribution in [0.4, 0.5) is 0 Å². The number of rotatable bonds is 7. The van der Waals surface area contributed by atoms with E-state index < -0.39 is 0 Å². The predicted octanol–water partition coefficient (Wildman–Crippen LogP) is 0.712. The molecule has 0 aromatic carbocycles. The van der Waals surface area contributed by atoms with E-state index in [9.17, 15) is 4.79 Å². The van der Waals surface area contributed by atoms with Gasteiger partial charge in [-0.25, -0.2) is 0 Å². The molecule has 0 aliphatic carbocycles. The smallest absolute Gasteiger partial charge is 0.227 e. The molecule has 0 aromatic heterocycles. The lowest BCUT2D eigenvalue weighted by molar-refractivity contribution is -0.135. The molecule has 0 saturated carbocycles. The minimum Gasteiger partial charge on any atom is -0.380 e. The molecule has 0 aliphatic rings. The van der Waals surface area contributed by atoms with Crippen LogP contribution in [0.1, 0.15) is 20.8 Å². The number of ether oxygens (including phenoxy) is 1. The largest absolute Gasteiger partial charge is 0.380 e. The van der Waals surface area contributed by atoms with E-state index >= 15 is 0 Å². The molecular weight excluding hydrogens is 192 g/mol. The van der Waals surface area contributed by atoms with E-state index in [2.05, 4.69) is 0 Å². The SMILES string of the molecule is CCOCCN(C)C(=O)C(CN)C(C)C. The summed E-state index contributed by atoms with van der Waals surface area (Å²) >= 11 is 0. The molecule has 90 valence electrons. The van der Waals surface area contributed by atoms with Gasteiger partial charge >= 0.3 is 0 Å². The summed E-state index contributed by atoms with van der Waals surface area (Å²) in [5.41, 5.74) is 5.59. The lowest BCUT2D eigenvalue weighted by Gasteiger charge is -2.25. The van der Waals surface area contributed by atoms with E-state index in [1.807, 2.05) is 20.8 Å². The zero-order valence-corrected chi connectivity index (χ0v) is 10.3. The zero-order valence-electron chi connectivity index (χ0n) is 10.3. The third-order valence-corrected chi connectivity index (χ3v) is 2.53. The lowest BCUT2D eigenvalue weighted by Crippen LogP contribution is -2.40. The zero-order chi connectivity index (χ0) is 11.8. The van der Waals surface area contributed by atoms with Gasteiger partial charge in [-0.2, -0.15) is 0 Å². The van der Waals surface area contributed by atoms with Crippen molar-refractivity contribution in [3.05, 3.63) is 0 Å². The lowest BCUT2D eigenvalue weighted by atomic mass is 9.94. The van der Waals surface area contributed by atoms with Crippen LogP contribution in [-0.2, 0) is 9.53 Å². The van der Waals surface area contributed by atoms with Crippen molar-refractivity contribution >= 4 is 5.91 Å². The Hall–Kier alpha value is -0.610. The van der Waals surface area contributed by atoms with E-state index in [0.717, 1.165) is 0 Å². The van der Waals surface area contributed by atoms with Crippen LogP contribution in [-0.4, -0.2) is 44.2 Å². The van der Waals surface area contributed by atoms with Gasteiger partial charge in [-0.1, -0.05) is 13.8 Å². The summed E-state index contributed by atoms with van der Waals surface area (Å²) in [6, 6.07) is 0. The maximum absolute atomic E-state index is 11.9. The molecule has 1 amide bonds. The second-order valence-electron chi connectivity index (χ2n) is 4.04. The quantitative estimate of drug-likeness (QED) is 0.638. The maximum Gasteiger partial charge on any atom is 0.227 e. The van der Waals surface area contributed by atoms with E-state index in [-0.39, 0.29) is 17.7 Å². The highest BCUT2D eigenvalue weighted by Crippen LogP contribution is 2.11. The molecule has 2 N–H and O–H groups in total. The molecule has 0 fully saturated rings. The fourth-order valence-corrected chi connectivity index (χ4v) is 1.40. The van der Waals surface area contributed by atoms with Gasteiger partial charge in [-0.15, -0.1) is 0 Å². The van der Waals surface area contributed by atoms with Crippen molar-refractivity contribution in [3.8, 4) is 0 Å². The van der Waals surface area contributed by atoms with Crippen LogP contribution >= 0.6 is 0 Å². The summed E-state index contributed by atoms with van der Waals surface area (Å²) in [6.07, 6.45) is 0. The first kappa shape index (κ1) is 14.4. The average molecular weight is 216 g/mol. The Balaban J connectivity index is 4.05. The number of hydrogen-bond donors (Lipinski definition) is 1. The van der Waals surface area contributed by atoms with Gasteiger partial charge in [0.15, 0.2) is 0 Å². The van der Waals surface area contributed by atoms with E-state index in [1.54, 1.807) is 11.9 Å². The molecule has 4 nitrogen and oxygen atoms in total. The number of carbonyl (C=O) groups is 1. The van der Waals surface area contributed by atoms with E-state index in [4.69, 9.17) is 10.5 Å². The third kappa shape index (κ3) is 5.14. The molecule has 0 radical (unpaired) electrons. The summed E-state index contributed by atoms with van der Waals surface area (Å²) in [5, 5.41) is 0. The van der Waals surface area contributed by atoms with Crippen molar-refractivity contribution in [2.24, 2.45) is 17.6 Å². The second-order valence-corrected chi connectivity index (χ2v) is 4.04. The van der Waals surface area contributed by atoms with Crippen LogP contribution in [0.5, 0.6) is 0 Å². The first-order valence-electron chi connectivity index (χ1n) is 5.57. The van der Waals surface area contributed by atoms with Crippen LogP contribution in [0.3, 0.4) is 0 Å². The van der Waals surface area contributed by atoms with E-state index in [1.165, 1.54) is 0 Å². The second kappa shape index (κ2) is 7.65. The summed E-state index contributed by atoms with van der Waals surface area (Å²) in [5.74, 6) is 0.334. The Morgan fingerprint density at radius 3 is 2.47 bits per heavy atom. The minimum absolute atomic E-state index is 0.0726. The summed E-state index contributed by atoms with van der Waals surface area (Å²) in [4.78, 5) is 13.6. The van der Waals surface area contributed by atoms with Crippen molar-refractivity contribution in [1.29, 1.82) is 0 Å². The molecule has 0 saturated heterocycles. The summed E-state index contributed by atoms with van der Waals surface area (Å²) < 4.78 is 5.20. The normalized spacial score (nSPS) is 12.9. The Morgan fingerprint density at radius 2 is 2.07 bits per heavy atom. The number of nitrogens with two attached hydrogens (primary N) is 1. The monoisotopic (exact) mass is 216 g/mol. The summed E-state index contributed by atoms with van der Waals surface area (Å²) in [6.45, 7) is 8.31. The minimum atomic E-state index is -0.0726. The van der Waals surface area contributed by atoms with Crippen LogP contribution in [0, 0.1) is 11.8 Å². The molecule has 0 rings (SSSR count). The van der Waals surface area contributed by atoms with Crippen molar-refractivity contribution in [3.63, 3.8) is 0 Å². The Kier molecular flexibility index (Phi) is 7.34. The van der Waals surface area contributed by atoms with Crippen LogP contribution in [0.25, 0.3) is 0 Å². The fraction of sp³-hybridized carbons (Fsp3) is 0.909. The van der Waals surface area contributed by atoms with Crippen molar-refractivity contribution < 1.29 is 9.53 Å². The summed E-state index contributed by atoms with van der Waals surface area (Å²) in [7, 11) is 1.80. The maximum atomic E-state index is 11.9. The van der Waals surface area contributed by atoms with Gasteiger partial charge in [0.2, 0.25) is 5.91 Å². The molecule has 0 bridgehead atoms. The highest BCUT2D eigenvalue weighted by molar-refractivity contribution is 5.79. The van der Waals surface area contributed by atoms with Crippen molar-refractivity contribution in [1.82, 2.24) is 4.90 Å². The standard InChI is InChI=1S/C11H24N2O2/c1-5-15-7-6-13(4)11(14)10(8-12)9(2)3/h9-10H,5-8,12H2,1-4H3. The van der Waals surface area contributed by atoms with Gasteiger partial charge in [0.1, 0.15) is 0 Å². The molecule has 1 unspecified atom stereocenters. The Morgan fingerprint density at radius 1 is 1.47 bits per heavy atom. The van der Waals surface area contributed by atoms with Gasteiger partial charge in [-0.05, 0) is 12.8 Å². The predicted molar refractivity (Wildman–Crippen MR) is 61.5 cm³/mol. The van der Waals surface area contributed by atoms with Crippen LogP contribution < -0.4 is 5.73 Å². The first-order chi connectivity index (χ1) is 7.04. The molecule has 1 atom stereocenters. The molecule has 4 heteroatoms. The number of hydrogen-bond acceptors (Lipinski definition) is 3. The fourth-order valence-electron chi connectivity index (χ4n) is 1.40. The molecule has 15 heavy (non-hydrogen) atoms. The van der Waals surface area contributed by atoms with Crippen LogP contribution in [0.15, 0.2) is 0 Å². The van der Waals surface area contributed by atoms with Gasteiger partial charge in [0.25, 0.3) is 0 Å². The van der Waals surface area contributed by atoms with Crippen molar-refractivity contribution in [2.45, 2.75) is 20.8 Å². The van der Waals surface area contributed by atoms with Gasteiger partial charge in [0.05, 0.1) is 12.5 Å². The Bertz CT molecular complexity index is 183. The Labute approximate surface area is 92.8 Å².